The lowest BCUT2D eigenvalue weighted by Crippen LogP contribution is -2.53. The summed E-state index contributed by atoms with van der Waals surface area (Å²) in [6, 6.07) is 13.8. The van der Waals surface area contributed by atoms with E-state index in [0.717, 1.165) is 31.9 Å². The van der Waals surface area contributed by atoms with Gasteiger partial charge in [0.1, 0.15) is 11.4 Å². The Kier molecular flexibility index (Phi) is 8.47. The van der Waals surface area contributed by atoms with E-state index in [1.165, 1.54) is 11.0 Å². The van der Waals surface area contributed by atoms with Gasteiger partial charge in [-0.15, -0.1) is 0 Å². The first kappa shape index (κ1) is 28.4. The Morgan fingerprint density at radius 1 is 1.00 bits per heavy atom. The summed E-state index contributed by atoms with van der Waals surface area (Å²) in [4.78, 5) is 23.6. The molecule has 3 aromatic rings. The molecule has 1 aliphatic rings. The quantitative estimate of drug-likeness (QED) is 0.294. The van der Waals surface area contributed by atoms with Crippen LogP contribution in [0.5, 0.6) is 5.75 Å². The van der Waals surface area contributed by atoms with E-state index in [1.54, 1.807) is 35.5 Å². The molecule has 1 aromatic heterocycles. The summed E-state index contributed by atoms with van der Waals surface area (Å²) in [5.41, 5.74) is 3.12. The number of anilines is 2. The molecule has 0 unspecified atom stereocenters. The molecule has 0 radical (unpaired) electrons. The SMILES string of the molecule is CN(C)/C=C\N(C=O)c1ccc(-c2cc(F)nc(-c3cccc(N4CCN(C(C)(C)C)CC4)c3)c2O)cc1Cl. The van der Waals surface area contributed by atoms with Crippen LogP contribution in [0.2, 0.25) is 5.02 Å². The van der Waals surface area contributed by atoms with Crippen molar-refractivity contribution in [3.63, 3.8) is 0 Å². The zero-order valence-electron chi connectivity index (χ0n) is 23.0. The normalized spacial score (nSPS) is 14.6. The van der Waals surface area contributed by atoms with Crippen molar-refractivity contribution in [2.75, 3.05) is 50.1 Å². The number of piperazine rings is 1. The zero-order chi connectivity index (χ0) is 28.3. The van der Waals surface area contributed by atoms with Gasteiger partial charge >= 0.3 is 0 Å². The highest BCUT2D eigenvalue weighted by molar-refractivity contribution is 6.34. The summed E-state index contributed by atoms with van der Waals surface area (Å²) in [6.07, 6.45) is 3.96. The van der Waals surface area contributed by atoms with Gasteiger partial charge in [-0.1, -0.05) is 29.8 Å². The van der Waals surface area contributed by atoms with E-state index in [4.69, 9.17) is 11.6 Å². The molecule has 1 aliphatic heterocycles. The van der Waals surface area contributed by atoms with Crippen molar-refractivity contribution in [3.8, 4) is 28.1 Å². The maximum Gasteiger partial charge on any atom is 0.218 e. The first-order valence-corrected chi connectivity index (χ1v) is 13.2. The Morgan fingerprint density at radius 3 is 2.33 bits per heavy atom. The number of carbonyl (C=O) groups is 1. The summed E-state index contributed by atoms with van der Waals surface area (Å²) < 4.78 is 14.8. The van der Waals surface area contributed by atoms with Crippen molar-refractivity contribution in [3.05, 3.63) is 71.9 Å². The molecule has 39 heavy (non-hydrogen) atoms. The average Bonchev–Trinajstić information content (AvgIpc) is 2.90. The van der Waals surface area contributed by atoms with E-state index in [-0.39, 0.29) is 27.6 Å². The zero-order valence-corrected chi connectivity index (χ0v) is 23.8. The Labute approximate surface area is 234 Å². The van der Waals surface area contributed by atoms with E-state index >= 15 is 0 Å². The van der Waals surface area contributed by atoms with Crippen LogP contribution in [0, 0.1) is 5.95 Å². The summed E-state index contributed by atoms with van der Waals surface area (Å²) in [5, 5.41) is 11.5. The third-order valence-electron chi connectivity index (χ3n) is 6.85. The number of nitrogens with zero attached hydrogens (tertiary/aromatic N) is 5. The highest BCUT2D eigenvalue weighted by Crippen LogP contribution is 2.40. The molecule has 2 heterocycles. The van der Waals surface area contributed by atoms with E-state index in [2.05, 4.69) is 35.6 Å². The van der Waals surface area contributed by atoms with Gasteiger partial charge in [-0.3, -0.25) is 14.6 Å². The number of hydrogen-bond acceptors (Lipinski definition) is 6. The van der Waals surface area contributed by atoms with Crippen molar-refractivity contribution in [1.29, 1.82) is 0 Å². The second-order valence-corrected chi connectivity index (χ2v) is 11.2. The number of aromatic nitrogens is 1. The van der Waals surface area contributed by atoms with Crippen molar-refractivity contribution in [2.24, 2.45) is 0 Å². The van der Waals surface area contributed by atoms with Crippen LogP contribution in [0.4, 0.5) is 15.8 Å². The lowest BCUT2D eigenvalue weighted by atomic mass is 10.0. The molecule has 0 bridgehead atoms. The standard InChI is InChI=1S/C30H35ClFN5O2/c1-30(2,3)37-15-13-35(14-16-37)23-8-6-7-22(17-23)28-29(39)24(19-27(32)33-28)21-9-10-26(25(31)18-21)36(20-38)12-11-34(4)5/h6-12,17-20,39H,13-16H2,1-5H3/b12-11-. The van der Waals surface area contributed by atoms with Gasteiger partial charge in [0.2, 0.25) is 12.4 Å². The lowest BCUT2D eigenvalue weighted by molar-refractivity contribution is -0.106. The number of benzene rings is 2. The van der Waals surface area contributed by atoms with Crippen LogP contribution in [0.15, 0.2) is 60.9 Å². The molecule has 9 heteroatoms. The first-order valence-electron chi connectivity index (χ1n) is 12.9. The van der Waals surface area contributed by atoms with Crippen LogP contribution >= 0.6 is 11.6 Å². The molecular weight excluding hydrogens is 517 g/mol. The minimum absolute atomic E-state index is 0.122. The highest BCUT2D eigenvalue weighted by Gasteiger charge is 2.26. The summed E-state index contributed by atoms with van der Waals surface area (Å²) in [6.45, 7) is 10.3. The molecule has 1 saturated heterocycles. The van der Waals surface area contributed by atoms with Gasteiger partial charge in [0.15, 0.2) is 0 Å². The van der Waals surface area contributed by atoms with Gasteiger partial charge in [0.05, 0.1) is 10.7 Å². The Bertz CT molecular complexity index is 1360. The minimum Gasteiger partial charge on any atom is -0.505 e. The fraction of sp³-hybridized carbons (Fsp3) is 0.333. The van der Waals surface area contributed by atoms with Crippen LogP contribution in [-0.2, 0) is 4.79 Å². The largest absolute Gasteiger partial charge is 0.505 e. The van der Waals surface area contributed by atoms with E-state index in [1.807, 2.05) is 38.4 Å². The second kappa shape index (κ2) is 11.6. The number of aromatic hydroxyl groups is 1. The maximum atomic E-state index is 14.8. The molecule has 0 spiro atoms. The monoisotopic (exact) mass is 551 g/mol. The topological polar surface area (TPSA) is 63.2 Å². The number of pyridine rings is 1. The van der Waals surface area contributed by atoms with E-state index in [0.29, 0.717) is 23.2 Å². The van der Waals surface area contributed by atoms with Gasteiger partial charge < -0.3 is 14.9 Å². The Morgan fingerprint density at radius 2 is 1.72 bits per heavy atom. The van der Waals surface area contributed by atoms with Gasteiger partial charge in [-0.05, 0) is 50.6 Å². The summed E-state index contributed by atoms with van der Waals surface area (Å²) in [5.74, 6) is -0.861. The average molecular weight is 552 g/mol. The third-order valence-corrected chi connectivity index (χ3v) is 7.15. The number of halogens is 2. The molecule has 206 valence electrons. The van der Waals surface area contributed by atoms with Gasteiger partial charge in [-0.25, -0.2) is 4.98 Å². The van der Waals surface area contributed by atoms with E-state index in [9.17, 15) is 14.3 Å². The van der Waals surface area contributed by atoms with Crippen LogP contribution < -0.4 is 9.80 Å². The van der Waals surface area contributed by atoms with Crippen LogP contribution in [0.3, 0.4) is 0 Å². The number of rotatable bonds is 7. The van der Waals surface area contributed by atoms with Crippen molar-refractivity contribution in [2.45, 2.75) is 26.3 Å². The number of hydrogen-bond donors (Lipinski definition) is 1. The maximum absolute atomic E-state index is 14.8. The Hall–Kier alpha value is -3.62. The molecular formula is C30H35ClFN5O2. The third kappa shape index (κ3) is 6.52. The number of amides is 1. The number of carbonyl (C=O) groups excluding carboxylic acids is 1. The predicted molar refractivity (Wildman–Crippen MR) is 157 cm³/mol. The fourth-order valence-electron chi connectivity index (χ4n) is 4.67. The van der Waals surface area contributed by atoms with Gasteiger partial charge in [-0.2, -0.15) is 4.39 Å². The van der Waals surface area contributed by atoms with Crippen molar-refractivity contribution >= 4 is 29.4 Å². The highest BCUT2D eigenvalue weighted by atomic mass is 35.5. The predicted octanol–water partition coefficient (Wildman–Crippen LogP) is 5.83. The van der Waals surface area contributed by atoms with Crippen LogP contribution in [0.25, 0.3) is 22.4 Å². The molecule has 0 aliphatic carbocycles. The smallest absolute Gasteiger partial charge is 0.218 e. The molecule has 7 nitrogen and oxygen atoms in total. The van der Waals surface area contributed by atoms with E-state index < -0.39 is 5.95 Å². The minimum atomic E-state index is -0.717. The molecule has 1 N–H and O–H groups in total. The lowest BCUT2D eigenvalue weighted by Gasteiger charge is -2.43. The molecule has 0 saturated carbocycles. The second-order valence-electron chi connectivity index (χ2n) is 10.8. The molecule has 0 atom stereocenters. The van der Waals surface area contributed by atoms with Gasteiger partial charge in [0.25, 0.3) is 0 Å². The molecule has 4 rings (SSSR count). The molecule has 1 fully saturated rings. The van der Waals surface area contributed by atoms with Gasteiger partial charge in [0, 0.05) is 81.1 Å². The fourth-order valence-corrected chi connectivity index (χ4v) is 4.95. The van der Waals surface area contributed by atoms with Crippen LogP contribution in [-0.4, -0.2) is 72.1 Å². The molecule has 2 aromatic carbocycles. The van der Waals surface area contributed by atoms with Crippen molar-refractivity contribution in [1.82, 2.24) is 14.8 Å². The summed E-state index contributed by atoms with van der Waals surface area (Å²) in [7, 11) is 3.68. The van der Waals surface area contributed by atoms with Crippen LogP contribution in [0.1, 0.15) is 20.8 Å². The Balaban J connectivity index is 1.64. The van der Waals surface area contributed by atoms with Crippen molar-refractivity contribution < 1.29 is 14.3 Å². The first-order chi connectivity index (χ1) is 18.5. The molecule has 1 amide bonds. The summed E-state index contributed by atoms with van der Waals surface area (Å²) >= 11 is 6.51.